The minimum Gasteiger partial charge on any atom is -0.370 e. The number of alkyl halides is 3. The third kappa shape index (κ3) is 5.13. The summed E-state index contributed by atoms with van der Waals surface area (Å²) >= 11 is 0. The lowest BCUT2D eigenvalue weighted by molar-refractivity contribution is -0.137. The number of nitrogens with zero attached hydrogens (tertiary/aromatic N) is 4. The molecule has 1 aliphatic rings. The molecule has 0 unspecified atom stereocenters. The zero-order valence-electron chi connectivity index (χ0n) is 15.6. The molecule has 0 atom stereocenters. The van der Waals surface area contributed by atoms with E-state index in [1.165, 1.54) is 6.07 Å². The van der Waals surface area contributed by atoms with E-state index in [4.69, 9.17) is 5.73 Å². The van der Waals surface area contributed by atoms with Crippen molar-refractivity contribution in [1.29, 1.82) is 0 Å². The maximum Gasteiger partial charge on any atom is 0.416 e. The van der Waals surface area contributed by atoms with Gasteiger partial charge >= 0.3 is 6.18 Å². The molecule has 0 amide bonds. The summed E-state index contributed by atoms with van der Waals surface area (Å²) in [7, 11) is 2.03. The number of rotatable bonds is 4. The van der Waals surface area contributed by atoms with Crippen LogP contribution in [-0.4, -0.2) is 49.1 Å². The smallest absolute Gasteiger partial charge is 0.370 e. The zero-order valence-corrected chi connectivity index (χ0v) is 15.6. The molecule has 1 fully saturated rings. The third-order valence-electron chi connectivity index (χ3n) is 4.59. The van der Waals surface area contributed by atoms with Crippen LogP contribution in [0.5, 0.6) is 0 Å². The van der Waals surface area contributed by atoms with Gasteiger partial charge in [0.05, 0.1) is 12.1 Å². The molecule has 0 saturated carbocycles. The predicted molar refractivity (Wildman–Crippen MR) is 104 cm³/mol. The van der Waals surface area contributed by atoms with Gasteiger partial charge in [0.2, 0.25) is 0 Å². The highest BCUT2D eigenvalue weighted by molar-refractivity contribution is 5.91. The van der Waals surface area contributed by atoms with Crippen molar-refractivity contribution in [3.8, 4) is 0 Å². The quantitative estimate of drug-likeness (QED) is 0.619. The van der Waals surface area contributed by atoms with Crippen molar-refractivity contribution in [2.75, 3.05) is 43.4 Å². The number of benzene rings is 1. The monoisotopic (exact) mass is 392 g/mol. The van der Waals surface area contributed by atoms with Crippen molar-refractivity contribution in [3.63, 3.8) is 0 Å². The first-order chi connectivity index (χ1) is 13.3. The number of guanidine groups is 1. The van der Waals surface area contributed by atoms with E-state index in [9.17, 15) is 13.2 Å². The molecule has 2 heterocycles. The van der Waals surface area contributed by atoms with Crippen molar-refractivity contribution in [3.05, 3.63) is 53.7 Å². The summed E-state index contributed by atoms with van der Waals surface area (Å²) in [6.45, 7) is 3.25. The summed E-state index contributed by atoms with van der Waals surface area (Å²) in [4.78, 5) is 12.6. The molecule has 1 aliphatic heterocycles. The van der Waals surface area contributed by atoms with Crippen LogP contribution in [0.1, 0.15) is 11.1 Å². The molecule has 3 N–H and O–H groups in total. The molecule has 0 aliphatic carbocycles. The molecular formula is C19H23F3N6. The number of nitrogens with two attached hydrogens (primary N) is 1. The molecular weight excluding hydrogens is 369 g/mol. The van der Waals surface area contributed by atoms with Crippen molar-refractivity contribution < 1.29 is 13.2 Å². The molecule has 0 radical (unpaired) electrons. The summed E-state index contributed by atoms with van der Waals surface area (Å²) in [5.74, 6) is 0.618. The number of pyridine rings is 1. The number of likely N-dealkylation sites (N-methyl/N-ethyl adjacent to an activating group) is 1. The van der Waals surface area contributed by atoms with E-state index in [0.29, 0.717) is 11.4 Å². The fraction of sp³-hybridized carbons (Fsp3) is 0.368. The van der Waals surface area contributed by atoms with Gasteiger partial charge < -0.3 is 20.9 Å². The van der Waals surface area contributed by atoms with Crippen LogP contribution in [0.25, 0.3) is 0 Å². The largest absolute Gasteiger partial charge is 0.416 e. The Morgan fingerprint density at radius 3 is 2.57 bits per heavy atom. The van der Waals surface area contributed by atoms with Gasteiger partial charge in [0.1, 0.15) is 5.82 Å². The van der Waals surface area contributed by atoms with E-state index in [2.05, 4.69) is 25.1 Å². The average molecular weight is 392 g/mol. The summed E-state index contributed by atoms with van der Waals surface area (Å²) in [6, 6.07) is 9.09. The lowest BCUT2D eigenvalue weighted by Crippen LogP contribution is -2.44. The van der Waals surface area contributed by atoms with Gasteiger partial charge in [-0.05, 0) is 42.9 Å². The van der Waals surface area contributed by atoms with E-state index in [1.807, 2.05) is 7.05 Å². The summed E-state index contributed by atoms with van der Waals surface area (Å²) in [5, 5.41) is 2.84. The normalized spacial score (nSPS) is 16.3. The van der Waals surface area contributed by atoms with Gasteiger partial charge in [-0.25, -0.2) is 9.98 Å². The molecule has 28 heavy (non-hydrogen) atoms. The number of halogens is 3. The number of anilines is 2. The fourth-order valence-corrected chi connectivity index (χ4v) is 3.02. The fourth-order valence-electron chi connectivity index (χ4n) is 3.02. The molecule has 1 aromatic heterocycles. The SMILES string of the molecule is CN1CCN(c2ccc(C(F)(F)F)cc2CN=C(N)Nc2ccccn2)CC1. The maximum absolute atomic E-state index is 13.2. The molecule has 6 nitrogen and oxygen atoms in total. The first-order valence-corrected chi connectivity index (χ1v) is 8.94. The van der Waals surface area contributed by atoms with E-state index in [1.54, 1.807) is 24.4 Å². The van der Waals surface area contributed by atoms with Gasteiger partial charge in [-0.3, -0.25) is 0 Å². The van der Waals surface area contributed by atoms with Gasteiger partial charge in [0.15, 0.2) is 5.96 Å². The summed E-state index contributed by atoms with van der Waals surface area (Å²) in [6.07, 6.45) is -2.80. The Morgan fingerprint density at radius 2 is 1.93 bits per heavy atom. The summed E-state index contributed by atoms with van der Waals surface area (Å²) < 4.78 is 39.5. The van der Waals surface area contributed by atoms with Crippen LogP contribution in [0.3, 0.4) is 0 Å². The van der Waals surface area contributed by atoms with Gasteiger partial charge in [0.25, 0.3) is 0 Å². The highest BCUT2D eigenvalue weighted by Crippen LogP contribution is 2.33. The van der Waals surface area contributed by atoms with E-state index in [-0.39, 0.29) is 12.5 Å². The standard InChI is InChI=1S/C19H23F3N6/c1-27-8-10-28(11-9-27)16-6-5-15(19(20,21)22)12-14(16)13-25-18(23)26-17-4-2-3-7-24-17/h2-7,12H,8-11,13H2,1H3,(H3,23,24,25,26). The molecule has 3 rings (SSSR count). The van der Waals surface area contributed by atoms with Crippen molar-refractivity contribution in [2.45, 2.75) is 12.7 Å². The Kier molecular flexibility index (Phi) is 6.03. The number of aromatic nitrogens is 1. The molecule has 9 heteroatoms. The van der Waals surface area contributed by atoms with Crippen molar-refractivity contribution in [1.82, 2.24) is 9.88 Å². The van der Waals surface area contributed by atoms with E-state index in [0.717, 1.165) is 44.0 Å². The third-order valence-corrected chi connectivity index (χ3v) is 4.59. The Morgan fingerprint density at radius 1 is 1.18 bits per heavy atom. The minimum atomic E-state index is -4.41. The lowest BCUT2D eigenvalue weighted by atomic mass is 10.1. The number of aliphatic imine (C=N–C) groups is 1. The van der Waals surface area contributed by atoms with Gasteiger partial charge in [0, 0.05) is 38.1 Å². The van der Waals surface area contributed by atoms with Crippen LogP contribution < -0.4 is 16.0 Å². The van der Waals surface area contributed by atoms with Crippen LogP contribution in [0.15, 0.2) is 47.6 Å². The Labute approximate surface area is 161 Å². The second-order valence-electron chi connectivity index (χ2n) is 6.67. The first-order valence-electron chi connectivity index (χ1n) is 8.94. The minimum absolute atomic E-state index is 0.0389. The van der Waals surface area contributed by atoms with Crippen molar-refractivity contribution in [2.24, 2.45) is 10.7 Å². The number of nitrogens with one attached hydrogen (secondary N) is 1. The number of hydrogen-bond donors (Lipinski definition) is 2. The van der Waals surface area contributed by atoms with Crippen LogP contribution in [0, 0.1) is 0 Å². The second kappa shape index (κ2) is 8.47. The van der Waals surface area contributed by atoms with Crippen LogP contribution >= 0.6 is 0 Å². The van der Waals surface area contributed by atoms with E-state index >= 15 is 0 Å². The number of hydrogen-bond acceptors (Lipinski definition) is 4. The Hall–Kier alpha value is -2.81. The topological polar surface area (TPSA) is 69.8 Å². The van der Waals surface area contributed by atoms with E-state index < -0.39 is 11.7 Å². The van der Waals surface area contributed by atoms with Crippen LogP contribution in [-0.2, 0) is 12.7 Å². The lowest BCUT2D eigenvalue weighted by Gasteiger charge is -2.35. The molecule has 150 valence electrons. The molecule has 1 saturated heterocycles. The molecule has 1 aromatic carbocycles. The Bertz CT molecular complexity index is 814. The zero-order chi connectivity index (χ0) is 20.1. The Balaban J connectivity index is 1.82. The highest BCUT2D eigenvalue weighted by Gasteiger charge is 2.31. The highest BCUT2D eigenvalue weighted by atomic mass is 19.4. The van der Waals surface area contributed by atoms with Crippen LogP contribution in [0.4, 0.5) is 24.7 Å². The summed E-state index contributed by atoms with van der Waals surface area (Å²) in [5.41, 5.74) is 6.44. The maximum atomic E-state index is 13.2. The predicted octanol–water partition coefficient (Wildman–Crippen LogP) is 2.78. The van der Waals surface area contributed by atoms with Gasteiger partial charge in [-0.1, -0.05) is 6.07 Å². The molecule has 2 aromatic rings. The van der Waals surface area contributed by atoms with Crippen LogP contribution in [0.2, 0.25) is 0 Å². The van der Waals surface area contributed by atoms with Gasteiger partial charge in [-0.15, -0.1) is 0 Å². The molecule has 0 bridgehead atoms. The molecule has 0 spiro atoms. The second-order valence-corrected chi connectivity index (χ2v) is 6.67. The van der Waals surface area contributed by atoms with Crippen molar-refractivity contribution >= 4 is 17.5 Å². The number of piperazine rings is 1. The van der Waals surface area contributed by atoms with Gasteiger partial charge in [-0.2, -0.15) is 13.2 Å². The first kappa shape index (κ1) is 19.9. The average Bonchev–Trinajstić information content (AvgIpc) is 2.67.